The van der Waals surface area contributed by atoms with E-state index in [0.29, 0.717) is 6.42 Å². The zero-order chi connectivity index (χ0) is 10.6. The molecule has 3 N–H and O–H groups in total. The Morgan fingerprint density at radius 2 is 2.07 bits per heavy atom. The maximum atomic E-state index is 10.9. The predicted octanol–water partition coefficient (Wildman–Crippen LogP) is 1.56. The molecule has 0 heterocycles. The quantitative estimate of drug-likeness (QED) is 0.741. The van der Waals surface area contributed by atoms with Crippen LogP contribution in [-0.4, -0.2) is 16.3 Å². The third-order valence-electron chi connectivity index (χ3n) is 1.69. The second-order valence-electron chi connectivity index (χ2n) is 2.79. The molecule has 1 radical (unpaired) electrons. The van der Waals surface area contributed by atoms with E-state index in [1.807, 2.05) is 0 Å². The molecule has 0 aliphatic heterocycles. The number of benzene rings is 1. The Morgan fingerprint density at radius 1 is 1.50 bits per heavy atom. The Kier molecular flexibility index (Phi) is 3.83. The summed E-state index contributed by atoms with van der Waals surface area (Å²) in [6, 6.07) is 6.63. The molecule has 0 fully saturated rings. The molecule has 1 atom stereocenters. The fourth-order valence-corrected chi connectivity index (χ4v) is 1.80. The number of hydrogen-bond acceptors (Lipinski definition) is 3. The lowest BCUT2D eigenvalue weighted by Crippen LogP contribution is -2.24. The van der Waals surface area contributed by atoms with Crippen LogP contribution in [0.2, 0.25) is 0 Å². The first-order valence-corrected chi connectivity index (χ1v) is 5.05. The summed E-state index contributed by atoms with van der Waals surface area (Å²) in [4.78, 5) is 11.8. The van der Waals surface area contributed by atoms with Gasteiger partial charge in [0.1, 0.15) is 5.75 Å². The summed E-state index contributed by atoms with van der Waals surface area (Å²) >= 11 is 1.36. The van der Waals surface area contributed by atoms with Crippen molar-refractivity contribution in [2.75, 3.05) is 0 Å². The number of thioether (sulfide) groups is 1. The summed E-state index contributed by atoms with van der Waals surface area (Å²) in [5, 5.41) is 8.74. The van der Waals surface area contributed by atoms with E-state index in [1.165, 1.54) is 11.8 Å². The van der Waals surface area contributed by atoms with E-state index in [0.717, 1.165) is 4.90 Å². The first-order chi connectivity index (χ1) is 6.63. The molecule has 1 aromatic carbocycles. The van der Waals surface area contributed by atoms with Gasteiger partial charge in [0.2, 0.25) is 5.91 Å². The van der Waals surface area contributed by atoms with Crippen molar-refractivity contribution < 1.29 is 9.90 Å². The molecule has 0 bridgehead atoms. The number of phenols is 1. The third-order valence-corrected chi connectivity index (χ3v) is 2.99. The molecule has 14 heavy (non-hydrogen) atoms. The van der Waals surface area contributed by atoms with E-state index in [-0.39, 0.29) is 16.9 Å². The largest absolute Gasteiger partial charge is 0.508 e. The van der Waals surface area contributed by atoms with Gasteiger partial charge >= 0.3 is 0 Å². The Morgan fingerprint density at radius 3 is 2.50 bits per heavy atom. The fraction of sp³-hybridized carbons (Fsp3) is 0.200. The number of aromatic hydroxyl groups is 1. The van der Waals surface area contributed by atoms with Crippen LogP contribution in [-0.2, 0) is 4.79 Å². The van der Waals surface area contributed by atoms with Crippen LogP contribution in [0.3, 0.4) is 0 Å². The number of nitrogens with two attached hydrogens (primary N) is 1. The smallest absolute Gasteiger partial charge is 0.230 e. The average Bonchev–Trinajstić information content (AvgIpc) is 2.16. The molecule has 0 saturated heterocycles. The van der Waals surface area contributed by atoms with Crippen LogP contribution in [0.4, 0.5) is 0 Å². The van der Waals surface area contributed by atoms with Gasteiger partial charge in [0.15, 0.2) is 0 Å². The van der Waals surface area contributed by atoms with Gasteiger partial charge in [-0.15, -0.1) is 11.8 Å². The molecule has 4 heteroatoms. The molecule has 0 spiro atoms. The number of amides is 1. The number of hydrogen-bond donors (Lipinski definition) is 2. The minimum absolute atomic E-state index is 0.208. The molecule has 0 aliphatic rings. The van der Waals surface area contributed by atoms with Gasteiger partial charge in [-0.2, -0.15) is 0 Å². The minimum Gasteiger partial charge on any atom is -0.508 e. The van der Waals surface area contributed by atoms with Gasteiger partial charge < -0.3 is 10.8 Å². The van der Waals surface area contributed by atoms with Gasteiger partial charge in [-0.25, -0.2) is 0 Å². The Hall–Kier alpha value is -1.16. The summed E-state index contributed by atoms with van der Waals surface area (Å²) < 4.78 is 0. The zero-order valence-electron chi connectivity index (χ0n) is 7.64. The molecule has 0 saturated carbocycles. The maximum Gasteiger partial charge on any atom is 0.230 e. The molecule has 1 aromatic rings. The van der Waals surface area contributed by atoms with Crippen molar-refractivity contribution in [3.8, 4) is 5.75 Å². The first kappa shape index (κ1) is 10.9. The number of primary amides is 1. The highest BCUT2D eigenvalue weighted by molar-refractivity contribution is 8.00. The second kappa shape index (κ2) is 4.91. The Bertz CT molecular complexity index is 310. The third kappa shape index (κ3) is 2.96. The SMILES string of the molecule is [CH2]CC(Sc1ccc(O)cc1)C(N)=O. The fourth-order valence-electron chi connectivity index (χ4n) is 0.948. The van der Waals surface area contributed by atoms with Gasteiger partial charge in [0, 0.05) is 4.90 Å². The normalized spacial score (nSPS) is 12.4. The number of carbonyl (C=O) groups excluding carboxylic acids is 1. The van der Waals surface area contributed by atoms with E-state index >= 15 is 0 Å². The minimum atomic E-state index is -0.363. The van der Waals surface area contributed by atoms with Crippen molar-refractivity contribution >= 4 is 17.7 Å². The van der Waals surface area contributed by atoms with Crippen LogP contribution >= 0.6 is 11.8 Å². The summed E-state index contributed by atoms with van der Waals surface area (Å²) in [6.45, 7) is 3.65. The summed E-state index contributed by atoms with van der Waals surface area (Å²) in [5.41, 5.74) is 5.18. The summed E-state index contributed by atoms with van der Waals surface area (Å²) in [5.74, 6) is -0.155. The molecule has 1 amide bonds. The maximum absolute atomic E-state index is 10.9. The number of phenolic OH excluding ortho intramolecular Hbond substituents is 1. The van der Waals surface area contributed by atoms with Crippen molar-refractivity contribution in [1.29, 1.82) is 0 Å². The molecule has 75 valence electrons. The van der Waals surface area contributed by atoms with Crippen LogP contribution in [0.25, 0.3) is 0 Å². The van der Waals surface area contributed by atoms with E-state index in [2.05, 4.69) is 6.92 Å². The number of carbonyl (C=O) groups is 1. The van der Waals surface area contributed by atoms with Crippen molar-refractivity contribution in [3.63, 3.8) is 0 Å². The molecule has 0 aliphatic carbocycles. The average molecular weight is 210 g/mol. The van der Waals surface area contributed by atoms with Crippen LogP contribution in [0.15, 0.2) is 29.2 Å². The zero-order valence-corrected chi connectivity index (χ0v) is 8.46. The lowest BCUT2D eigenvalue weighted by atomic mass is 10.3. The lowest BCUT2D eigenvalue weighted by Gasteiger charge is -2.09. The highest BCUT2D eigenvalue weighted by Crippen LogP contribution is 2.26. The predicted molar refractivity (Wildman–Crippen MR) is 56.9 cm³/mol. The Balaban J connectivity index is 2.67. The van der Waals surface area contributed by atoms with Crippen LogP contribution in [0.1, 0.15) is 6.42 Å². The van der Waals surface area contributed by atoms with Gasteiger partial charge in [0.25, 0.3) is 0 Å². The molecule has 1 unspecified atom stereocenters. The second-order valence-corrected chi connectivity index (χ2v) is 4.07. The van der Waals surface area contributed by atoms with Gasteiger partial charge in [-0.05, 0) is 30.7 Å². The van der Waals surface area contributed by atoms with Gasteiger partial charge in [-0.3, -0.25) is 4.79 Å². The van der Waals surface area contributed by atoms with Crippen molar-refractivity contribution in [1.82, 2.24) is 0 Å². The van der Waals surface area contributed by atoms with Crippen LogP contribution in [0.5, 0.6) is 5.75 Å². The monoisotopic (exact) mass is 210 g/mol. The molecule has 0 aromatic heterocycles. The van der Waals surface area contributed by atoms with E-state index in [1.54, 1.807) is 24.3 Å². The number of rotatable bonds is 4. The van der Waals surface area contributed by atoms with Crippen molar-refractivity contribution in [2.45, 2.75) is 16.6 Å². The Labute approximate surface area is 87.3 Å². The topological polar surface area (TPSA) is 63.3 Å². The van der Waals surface area contributed by atoms with Crippen molar-refractivity contribution in [3.05, 3.63) is 31.2 Å². The lowest BCUT2D eigenvalue weighted by molar-refractivity contribution is -0.117. The van der Waals surface area contributed by atoms with Crippen LogP contribution in [0, 0.1) is 6.92 Å². The molecule has 1 rings (SSSR count). The summed E-state index contributed by atoms with van der Waals surface area (Å²) in [7, 11) is 0. The van der Waals surface area contributed by atoms with Gasteiger partial charge in [-0.1, -0.05) is 6.92 Å². The molecule has 3 nitrogen and oxygen atoms in total. The highest BCUT2D eigenvalue weighted by Gasteiger charge is 2.13. The molecular formula is C10H12NO2S. The van der Waals surface area contributed by atoms with E-state index in [9.17, 15) is 4.79 Å². The van der Waals surface area contributed by atoms with Crippen LogP contribution < -0.4 is 5.73 Å². The van der Waals surface area contributed by atoms with E-state index in [4.69, 9.17) is 10.8 Å². The standard InChI is InChI=1S/C10H12NO2S/c1-2-9(10(11)13)14-8-5-3-7(12)4-6-8/h3-6,9,12H,1-2H2,(H2,11,13). The first-order valence-electron chi connectivity index (χ1n) is 4.17. The summed E-state index contributed by atoms with van der Waals surface area (Å²) in [6.07, 6.45) is 0.459. The van der Waals surface area contributed by atoms with Gasteiger partial charge in [0.05, 0.1) is 5.25 Å². The van der Waals surface area contributed by atoms with E-state index < -0.39 is 0 Å². The van der Waals surface area contributed by atoms with Crippen molar-refractivity contribution in [2.24, 2.45) is 5.73 Å². The molecular weight excluding hydrogens is 198 g/mol. The highest BCUT2D eigenvalue weighted by atomic mass is 32.2.